The molecule has 3 saturated heterocycles. The summed E-state index contributed by atoms with van der Waals surface area (Å²) in [7, 11) is 2.42. The first-order valence-corrected chi connectivity index (χ1v) is 23.7. The van der Waals surface area contributed by atoms with Crippen LogP contribution in [-0.2, 0) is 34.8 Å². The van der Waals surface area contributed by atoms with Crippen molar-refractivity contribution in [1.29, 1.82) is 0 Å². The number of hydrogen-bond donors (Lipinski definition) is 4. The number of anilines is 3. The summed E-state index contributed by atoms with van der Waals surface area (Å²) in [6, 6.07) is 24.1. The molecular weight excluding hydrogens is 920 g/mol. The fourth-order valence-electron chi connectivity index (χ4n) is 10.0. The minimum absolute atomic E-state index is 0.273. The largest absolute Gasteiger partial charge is 0.453 e. The van der Waals surface area contributed by atoms with Gasteiger partial charge in [-0.2, -0.15) is 13.2 Å². The number of nitrogens with zero attached hydrogens (tertiary/aromatic N) is 3. The third-order valence-corrected chi connectivity index (χ3v) is 13.6. The third kappa shape index (κ3) is 11.4. The monoisotopic (exact) mass is 975 g/mol. The molecule has 1 aliphatic carbocycles. The Kier molecular flexibility index (Phi) is 15.4. The van der Waals surface area contributed by atoms with Gasteiger partial charge in [0.25, 0.3) is 11.8 Å². The summed E-state index contributed by atoms with van der Waals surface area (Å²) in [5.74, 6) is -1.61. The van der Waals surface area contributed by atoms with E-state index in [1.54, 1.807) is 60.7 Å². The Labute approximate surface area is 409 Å². The van der Waals surface area contributed by atoms with Crippen LogP contribution < -0.4 is 26.2 Å². The van der Waals surface area contributed by atoms with Gasteiger partial charge in [-0.3, -0.25) is 19.2 Å². The molecule has 18 heteroatoms. The van der Waals surface area contributed by atoms with Gasteiger partial charge in [0.05, 0.1) is 31.9 Å². The van der Waals surface area contributed by atoms with E-state index in [1.807, 2.05) is 36.4 Å². The van der Waals surface area contributed by atoms with Crippen LogP contribution in [-0.4, -0.2) is 91.0 Å². The second-order valence-electron chi connectivity index (χ2n) is 17.9. The Balaban J connectivity index is 0.965. The number of likely N-dealkylation sites (tertiary alicyclic amines) is 2. The van der Waals surface area contributed by atoms with Crippen LogP contribution in [0.4, 0.5) is 39.8 Å². The summed E-state index contributed by atoms with van der Waals surface area (Å²) in [5, 5.41) is 11.1. The fourth-order valence-corrected chi connectivity index (χ4v) is 10.0. The van der Waals surface area contributed by atoms with Gasteiger partial charge in [-0.25, -0.2) is 9.59 Å². The van der Waals surface area contributed by atoms with E-state index in [4.69, 9.17) is 9.47 Å². The quantitative estimate of drug-likeness (QED) is 0.102. The molecule has 0 saturated carbocycles. The molecule has 0 bridgehead atoms. The van der Waals surface area contributed by atoms with Gasteiger partial charge in [0, 0.05) is 30.2 Å². The van der Waals surface area contributed by atoms with Crippen molar-refractivity contribution in [3.05, 3.63) is 149 Å². The lowest BCUT2D eigenvalue weighted by atomic mass is 9.98. The molecule has 4 aliphatic rings. The highest BCUT2D eigenvalue weighted by atomic mass is 19.4. The topological polar surface area (TPSA) is 179 Å². The lowest BCUT2D eigenvalue weighted by Crippen LogP contribution is -2.53. The van der Waals surface area contributed by atoms with Crippen molar-refractivity contribution in [3.8, 4) is 0 Å². The molecule has 3 heterocycles. The van der Waals surface area contributed by atoms with Gasteiger partial charge in [-0.1, -0.05) is 72.8 Å². The first-order chi connectivity index (χ1) is 34.2. The highest BCUT2D eigenvalue weighted by molar-refractivity contribution is 6.00. The molecule has 6 atom stereocenters. The average Bonchev–Trinajstić information content (AvgIpc) is 4.19. The highest BCUT2D eigenvalue weighted by Gasteiger charge is 2.41. The Bertz CT molecular complexity index is 2650. The second-order valence-corrected chi connectivity index (χ2v) is 17.9. The van der Waals surface area contributed by atoms with Crippen molar-refractivity contribution in [2.45, 2.75) is 93.8 Å². The number of rotatable bonds is 13. The van der Waals surface area contributed by atoms with Crippen molar-refractivity contribution >= 4 is 52.9 Å². The molecule has 8 rings (SSSR count). The number of ether oxygens (including phenoxy) is 2. The van der Waals surface area contributed by atoms with Crippen LogP contribution >= 0.6 is 0 Å². The molecule has 4 aromatic rings. The number of alkyl halides is 3. The lowest BCUT2D eigenvalue weighted by molar-refractivity contribution is -0.138. The van der Waals surface area contributed by atoms with Crippen molar-refractivity contribution in [2.75, 3.05) is 42.8 Å². The molecule has 0 spiro atoms. The molecule has 4 N–H and O–H groups in total. The summed E-state index contributed by atoms with van der Waals surface area (Å²) in [4.78, 5) is 85.0. The van der Waals surface area contributed by atoms with E-state index in [1.165, 1.54) is 36.2 Å². The van der Waals surface area contributed by atoms with E-state index in [0.717, 1.165) is 29.7 Å². The molecule has 0 radical (unpaired) electrons. The number of hydrogen-bond acceptors (Lipinski definition) is 9. The maximum Gasteiger partial charge on any atom is 0.416 e. The van der Waals surface area contributed by atoms with Crippen LogP contribution in [0.1, 0.15) is 91.7 Å². The smallest absolute Gasteiger partial charge is 0.416 e. The number of carbonyl (C=O) groups excluding carboxylic acids is 6. The maximum absolute atomic E-state index is 13.9. The number of methoxy groups -OCH3 is 2. The number of alkyl carbamates (subject to hydrolysis) is 2. The van der Waals surface area contributed by atoms with E-state index >= 15 is 0 Å². The summed E-state index contributed by atoms with van der Waals surface area (Å²) in [6.07, 6.45) is 4.39. The van der Waals surface area contributed by atoms with Gasteiger partial charge in [0.1, 0.15) is 24.2 Å². The number of carbonyl (C=O) groups is 6. The number of nitrogens with one attached hydrogen (secondary N) is 4. The Morgan fingerprint density at radius 2 is 1.10 bits per heavy atom. The Hall–Kier alpha value is -7.63. The highest BCUT2D eigenvalue weighted by Crippen LogP contribution is 2.48. The number of allylic oxidation sites excluding steroid dienone is 2. The molecule has 71 heavy (non-hydrogen) atoms. The molecule has 0 aromatic heterocycles. The second kappa shape index (κ2) is 22.0. The van der Waals surface area contributed by atoms with Gasteiger partial charge in [0.2, 0.25) is 11.8 Å². The Morgan fingerprint density at radius 3 is 1.56 bits per heavy atom. The van der Waals surface area contributed by atoms with Gasteiger partial charge < -0.3 is 45.4 Å². The van der Waals surface area contributed by atoms with Crippen LogP contribution in [0.25, 0.3) is 0 Å². The zero-order valence-corrected chi connectivity index (χ0v) is 39.3. The summed E-state index contributed by atoms with van der Waals surface area (Å²) < 4.78 is 50.8. The molecule has 15 nitrogen and oxygen atoms in total. The number of amides is 6. The standard InChI is InChI=1S/C53H56F3N7O8/c1-70-51(68)59-45(35-11-5-3-6-12-35)49(66)61-31-9-15-43(61)47(64)57-38-23-17-33(18-24-38)41-29-30-42(63(41)40-27-21-37(22-28-40)53(54,55)56)34-19-25-39(26-20-34)58-48(65)44-16-10-32-62(44)50(67)46(60-52(69)71-2)36-13-7-4-8-14-36/h3,5-7,11-14,17-28,41-46H,4,8-10,15-16,29-32H2,1-2H3,(H,57,64)(H,58,65)(H,59,68)(H,60,69)/t41-,42-,43+,44?,45+,46+/m1/s1. The van der Waals surface area contributed by atoms with E-state index in [-0.39, 0.29) is 23.9 Å². The van der Waals surface area contributed by atoms with Gasteiger partial charge >= 0.3 is 18.4 Å². The zero-order chi connectivity index (χ0) is 50.2. The number of benzene rings is 4. The average molecular weight is 976 g/mol. The lowest BCUT2D eigenvalue weighted by Gasteiger charge is -2.34. The van der Waals surface area contributed by atoms with Crippen molar-refractivity contribution in [3.63, 3.8) is 0 Å². The first kappa shape index (κ1) is 49.8. The molecule has 1 unspecified atom stereocenters. The van der Waals surface area contributed by atoms with Crippen LogP contribution in [0.2, 0.25) is 0 Å². The van der Waals surface area contributed by atoms with Crippen LogP contribution in [0.3, 0.4) is 0 Å². The van der Waals surface area contributed by atoms with E-state index in [0.29, 0.717) is 86.2 Å². The van der Waals surface area contributed by atoms with E-state index in [2.05, 4.69) is 26.2 Å². The van der Waals surface area contributed by atoms with Crippen molar-refractivity contribution < 1.29 is 51.4 Å². The predicted octanol–water partition coefficient (Wildman–Crippen LogP) is 8.75. The minimum atomic E-state index is -4.52. The molecule has 4 aromatic carbocycles. The minimum Gasteiger partial charge on any atom is -0.453 e. The SMILES string of the molecule is COC(=O)N[C@H](C(=O)N1CCCC1C(=O)Nc1ccc([C@H]2CC[C@H](c3ccc(NC(=O)[C@@H]4CCCN4C(=O)[C@@H](NC(=O)OC)c4ccccc4)cc3)N2c2ccc(C(F)(F)F)cc2)cc1)C1=CCCC=C1. The molecule has 3 aliphatic heterocycles. The summed E-state index contributed by atoms with van der Waals surface area (Å²) in [6.45, 7) is 0.655. The first-order valence-electron chi connectivity index (χ1n) is 23.7. The van der Waals surface area contributed by atoms with Crippen molar-refractivity contribution in [1.82, 2.24) is 20.4 Å². The predicted molar refractivity (Wildman–Crippen MR) is 259 cm³/mol. The normalized spacial score (nSPS) is 20.6. The van der Waals surface area contributed by atoms with Gasteiger partial charge in [-0.15, -0.1) is 0 Å². The molecular formula is C53H56F3N7O8. The van der Waals surface area contributed by atoms with Crippen molar-refractivity contribution in [2.24, 2.45) is 0 Å². The fraction of sp³-hybridized carbons (Fsp3) is 0.358. The van der Waals surface area contributed by atoms with Crippen LogP contribution in [0, 0.1) is 0 Å². The molecule has 372 valence electrons. The number of halogens is 3. The summed E-state index contributed by atoms with van der Waals surface area (Å²) >= 11 is 0. The zero-order valence-electron chi connectivity index (χ0n) is 39.3. The third-order valence-electron chi connectivity index (χ3n) is 13.6. The molecule has 3 fully saturated rings. The van der Waals surface area contributed by atoms with E-state index in [9.17, 15) is 41.9 Å². The molecule has 6 amide bonds. The Morgan fingerprint density at radius 1 is 0.606 bits per heavy atom. The van der Waals surface area contributed by atoms with E-state index < -0.39 is 59.9 Å². The maximum atomic E-state index is 13.9. The summed E-state index contributed by atoms with van der Waals surface area (Å²) in [5.41, 5.74) is 3.68. The van der Waals surface area contributed by atoms with Crippen LogP contribution in [0.15, 0.2) is 127 Å². The van der Waals surface area contributed by atoms with Gasteiger partial charge in [0.15, 0.2) is 0 Å². The van der Waals surface area contributed by atoms with Crippen LogP contribution in [0.5, 0.6) is 0 Å². The van der Waals surface area contributed by atoms with Gasteiger partial charge in [-0.05, 0) is 122 Å².